The Labute approximate surface area is 247 Å². The Hall–Kier alpha value is 0.912. The van der Waals surface area contributed by atoms with Crippen LogP contribution in [0.25, 0.3) is 0 Å². The molecule has 0 radical (unpaired) electrons. The van der Waals surface area contributed by atoms with Crippen molar-refractivity contribution >= 4 is 52.3 Å². The standard InChI is InChI=1S/C25H30FI3NO2.Tl/c1-30(2)14-13-28-25(31)32-15-7-6-10-19-16-21-17-20(24(26)27)11-12-22(21)29-23(19)18-8-4-3-5-9-18;/h3-5,8-9,11-12,17,19,23H,6-7,10,13-16H2,1-2H3;/q-2;/t19-,23+;/m1./s1. The summed E-state index contributed by atoms with van der Waals surface area (Å²) in [6, 6.07) is 17.3. The molecule has 1 aliphatic rings. The number of carbonyl (C=O) groups is 1. The van der Waals surface area contributed by atoms with Crippen LogP contribution in [0.3, 0.4) is 0 Å². The van der Waals surface area contributed by atoms with Gasteiger partial charge in [0.1, 0.15) is 0 Å². The van der Waals surface area contributed by atoms with Gasteiger partial charge < -0.3 is 0 Å². The molecule has 2 aromatic carbocycles. The minimum atomic E-state index is -1.17. The van der Waals surface area contributed by atoms with E-state index in [2.05, 4.69) is 47.4 Å². The fraction of sp³-hybridized carbons (Fsp3) is 0.480. The van der Waals surface area contributed by atoms with Gasteiger partial charge in [0, 0.05) is 0 Å². The van der Waals surface area contributed by atoms with Crippen molar-refractivity contribution in [3.8, 4) is 0 Å². The summed E-state index contributed by atoms with van der Waals surface area (Å²) in [5.74, 6) is 0.575. The molecule has 0 spiro atoms. The molecule has 3 rings (SSSR count). The second kappa shape index (κ2) is 14.0. The predicted molar refractivity (Wildman–Crippen MR) is 133 cm³/mol. The predicted octanol–water partition coefficient (Wildman–Crippen LogP) is -0.500. The molecule has 33 heavy (non-hydrogen) atoms. The third-order valence-electron chi connectivity index (χ3n) is 5.60. The molecule has 8 heteroatoms. The molecule has 0 bridgehead atoms. The average Bonchev–Trinajstić information content (AvgIpc) is 2.77. The van der Waals surface area contributed by atoms with Crippen molar-refractivity contribution in [1.82, 2.24) is 4.90 Å². The van der Waals surface area contributed by atoms with Crippen molar-refractivity contribution in [2.75, 3.05) is 31.7 Å². The van der Waals surface area contributed by atoms with Crippen LogP contribution in [0.5, 0.6) is 0 Å². The number of ether oxygens (including phenoxy) is 1. The van der Waals surface area contributed by atoms with Gasteiger partial charge in [-0.3, -0.25) is 0 Å². The van der Waals surface area contributed by atoms with Gasteiger partial charge in [-0.2, -0.15) is 0 Å². The van der Waals surface area contributed by atoms with Gasteiger partial charge in [0.2, 0.25) is 0 Å². The van der Waals surface area contributed by atoms with Gasteiger partial charge in [0.15, 0.2) is 0 Å². The zero-order valence-electron chi connectivity index (χ0n) is 19.1. The van der Waals surface area contributed by atoms with E-state index in [1.807, 2.05) is 42.8 Å². The van der Waals surface area contributed by atoms with Gasteiger partial charge >= 0.3 is 251 Å². The van der Waals surface area contributed by atoms with Crippen LogP contribution in [0.15, 0.2) is 48.5 Å². The molecule has 0 amide bonds. The maximum absolute atomic E-state index is 14.6. The van der Waals surface area contributed by atoms with Crippen molar-refractivity contribution in [3.05, 3.63) is 68.8 Å². The molecule has 3 nitrogen and oxygen atoms in total. The van der Waals surface area contributed by atoms with E-state index in [1.165, 1.54) is 14.7 Å². The number of rotatable bonds is 11. The molecule has 1 unspecified atom stereocenters. The maximum atomic E-state index is 14.6. The number of hydrogen-bond donors (Lipinski definition) is 0. The molecule has 1 aliphatic heterocycles. The first-order chi connectivity index (χ1) is 15.7. The van der Waals surface area contributed by atoms with Crippen molar-refractivity contribution in [2.24, 2.45) is 5.92 Å². The molecule has 0 N–H and O–H groups in total. The number of unbranched alkanes of at least 4 members (excludes halogenated alkanes) is 1. The van der Waals surface area contributed by atoms with E-state index >= 15 is 0 Å². The van der Waals surface area contributed by atoms with Crippen LogP contribution in [-0.2, 0) is 12.4 Å². The topological polar surface area (TPSA) is 29.5 Å². The Bertz CT molecular complexity index is 908. The van der Waals surface area contributed by atoms with Gasteiger partial charge in [0.05, 0.1) is 0 Å². The first kappa shape index (κ1) is 28.5. The average molecular weight is 981 g/mol. The van der Waals surface area contributed by atoms with Crippen molar-refractivity contribution < 1.29 is 56.3 Å². The molecule has 2 aromatic rings. The van der Waals surface area contributed by atoms with Crippen LogP contribution >= 0.6 is 22.6 Å². The molecule has 0 aliphatic carbocycles. The van der Waals surface area contributed by atoms with Gasteiger partial charge in [-0.1, -0.05) is 0 Å². The molecule has 0 saturated heterocycles. The Balaban J connectivity index is 1.58. The number of fused-ring (bicyclic) bond motifs is 1. The second-order valence-electron chi connectivity index (χ2n) is 8.52. The van der Waals surface area contributed by atoms with Crippen LogP contribution in [-0.4, -0.2) is 66.3 Å². The molecule has 0 saturated carbocycles. The van der Waals surface area contributed by atoms with E-state index in [-0.39, 0.29) is 50.9 Å². The number of benzene rings is 2. The summed E-state index contributed by atoms with van der Waals surface area (Å²) in [6.45, 7) is 1.50. The Morgan fingerprint density at radius 2 is 2.03 bits per heavy atom. The first-order valence-corrected chi connectivity index (χ1v) is 19.4. The van der Waals surface area contributed by atoms with Gasteiger partial charge in [-0.25, -0.2) is 0 Å². The number of alkyl halides is 4. The summed E-state index contributed by atoms with van der Waals surface area (Å²) in [6.07, 6.45) is 4.15. The fourth-order valence-corrected chi connectivity index (χ4v) is 10.8. The summed E-state index contributed by atoms with van der Waals surface area (Å²) >= 11 is 1.52. The fourth-order valence-electron chi connectivity index (χ4n) is 3.86. The third-order valence-corrected chi connectivity index (χ3v) is 13.6. The van der Waals surface area contributed by atoms with E-state index in [1.54, 1.807) is 0 Å². The van der Waals surface area contributed by atoms with Crippen LogP contribution in [0, 0.1) is 9.49 Å². The van der Waals surface area contributed by atoms with Crippen molar-refractivity contribution in [1.29, 1.82) is 0 Å². The van der Waals surface area contributed by atoms with E-state index in [0.29, 0.717) is 16.4 Å². The van der Waals surface area contributed by atoms with Crippen LogP contribution < -0.4 is 42.4 Å². The Morgan fingerprint density at radius 1 is 1.27 bits per heavy atom. The Kier molecular flexibility index (Phi) is 12.1. The Morgan fingerprint density at radius 3 is 2.73 bits per heavy atom. The quantitative estimate of drug-likeness (QED) is 0.100. The van der Waals surface area contributed by atoms with Gasteiger partial charge in [-0.15, -0.1) is 0 Å². The molecule has 0 aromatic heterocycles. The van der Waals surface area contributed by atoms with Crippen molar-refractivity contribution in [3.63, 3.8) is 0 Å². The zero-order valence-corrected chi connectivity index (χ0v) is 30.0. The van der Waals surface area contributed by atoms with Crippen LogP contribution in [0.1, 0.15) is 39.9 Å². The number of hydrogen-bond acceptors (Lipinski definition) is 3. The summed E-state index contributed by atoms with van der Waals surface area (Å²) in [5.41, 5.74) is 3.66. The first-order valence-electron chi connectivity index (χ1n) is 11.1. The zero-order chi connectivity index (χ0) is 23.8. The minimum absolute atomic E-state index is 0.0279. The molecular weight excluding hydrogens is 950 g/mol. The van der Waals surface area contributed by atoms with E-state index in [4.69, 9.17) is 4.74 Å². The van der Waals surface area contributed by atoms with Crippen LogP contribution in [0.2, 0.25) is 0 Å². The van der Waals surface area contributed by atoms with Crippen molar-refractivity contribution in [2.45, 2.75) is 30.8 Å². The molecule has 1 heterocycles. The molecular formula is C25H30FI3NO2Tl-2. The van der Waals surface area contributed by atoms with Gasteiger partial charge in [0.25, 0.3) is 0 Å². The monoisotopic (exact) mass is 981 g/mol. The molecule has 180 valence electrons. The summed E-state index contributed by atoms with van der Waals surface area (Å²) in [7, 11) is 4.06. The van der Waals surface area contributed by atoms with E-state index < -0.39 is 22.4 Å². The van der Waals surface area contributed by atoms with E-state index in [0.717, 1.165) is 42.2 Å². The van der Waals surface area contributed by atoms with Crippen LogP contribution in [0.4, 0.5) is 9.18 Å². The molecule has 0 fully saturated rings. The second-order valence-corrected chi connectivity index (χ2v) is 23.6. The molecule has 3 atom stereocenters. The van der Waals surface area contributed by atoms with Gasteiger partial charge in [-0.05, 0) is 0 Å². The number of carbonyl (C=O) groups excluding carboxylic acids is 1. The van der Waals surface area contributed by atoms with E-state index in [9.17, 15) is 9.18 Å². The third kappa shape index (κ3) is 9.38. The normalized spacial score (nSPS) is 20.0. The number of halogens is 4. The summed E-state index contributed by atoms with van der Waals surface area (Å²) in [5, 5.41) is 0. The summed E-state index contributed by atoms with van der Waals surface area (Å²) < 4.78 is 22.0. The SMILES string of the molecule is CN(C)CC[I-]C(=O)OCCCC[C@@H]1Cc2cc([C](F)(I)[Tl])ccc2[I-][C@H]1c1ccccc1. The summed E-state index contributed by atoms with van der Waals surface area (Å²) in [4.78, 5) is 14.1. The number of nitrogens with zero attached hydrogens (tertiary/aromatic N) is 1.